The summed E-state index contributed by atoms with van der Waals surface area (Å²) >= 11 is 0. The lowest BCUT2D eigenvalue weighted by Crippen LogP contribution is -2.23. The molecule has 0 aliphatic carbocycles. The summed E-state index contributed by atoms with van der Waals surface area (Å²) in [4.78, 5) is 37.5. The first kappa shape index (κ1) is 26.1. The average molecular weight is 517 g/mol. The van der Waals surface area contributed by atoms with Crippen molar-refractivity contribution >= 4 is 17.4 Å². The van der Waals surface area contributed by atoms with Crippen LogP contribution >= 0.6 is 0 Å². The van der Waals surface area contributed by atoms with E-state index in [9.17, 15) is 22.8 Å². The van der Waals surface area contributed by atoms with Crippen molar-refractivity contribution in [3.63, 3.8) is 0 Å². The minimum atomic E-state index is -4.55. The predicted molar refractivity (Wildman–Crippen MR) is 133 cm³/mol. The Kier molecular flexibility index (Phi) is 7.77. The molecule has 4 rings (SSSR count). The molecule has 1 fully saturated rings. The van der Waals surface area contributed by atoms with Gasteiger partial charge in [-0.05, 0) is 63.5 Å². The number of urea groups is 1. The lowest BCUT2D eigenvalue weighted by atomic mass is 10.1. The first-order chi connectivity index (χ1) is 17.6. The summed E-state index contributed by atoms with van der Waals surface area (Å²) in [7, 11) is 0. The molecule has 0 atom stereocenters. The van der Waals surface area contributed by atoms with Crippen LogP contribution in [0.2, 0.25) is 0 Å². The average Bonchev–Trinajstić information content (AvgIpc) is 3.35. The number of aromatic amines is 1. The molecule has 0 unspecified atom stereocenters. The number of anilines is 2. The number of benzene rings is 1. The predicted octanol–water partition coefficient (Wildman–Crippen LogP) is 4.80. The molecule has 1 aliphatic rings. The highest BCUT2D eigenvalue weighted by Crippen LogP contribution is 2.35. The van der Waals surface area contributed by atoms with E-state index >= 15 is 0 Å². The Balaban J connectivity index is 1.47. The van der Waals surface area contributed by atoms with E-state index in [2.05, 4.69) is 25.6 Å². The number of nitrogens with zero attached hydrogens (tertiary/aromatic N) is 3. The van der Waals surface area contributed by atoms with Crippen molar-refractivity contribution in [1.82, 2.24) is 19.9 Å². The maximum Gasteiger partial charge on any atom is 0.416 e. The van der Waals surface area contributed by atoms with Gasteiger partial charge in [0.05, 0.1) is 29.7 Å². The molecule has 2 amide bonds. The maximum atomic E-state index is 13.7. The molecule has 0 spiro atoms. The van der Waals surface area contributed by atoms with E-state index in [1.54, 1.807) is 13.8 Å². The minimum Gasteiger partial charge on any atom is -0.488 e. The molecule has 3 heterocycles. The molecule has 3 aromatic rings. The molecule has 0 radical (unpaired) electrons. The second kappa shape index (κ2) is 11.0. The first-order valence-corrected chi connectivity index (χ1v) is 11.8. The second-order valence-corrected chi connectivity index (χ2v) is 8.64. The summed E-state index contributed by atoms with van der Waals surface area (Å²) in [5.74, 6) is 0.427. The number of carbonyl (C=O) groups excluding carboxylic acids is 1. The number of ether oxygens (including phenoxy) is 1. The highest BCUT2D eigenvalue weighted by molar-refractivity contribution is 6.00. The molecule has 37 heavy (non-hydrogen) atoms. The van der Waals surface area contributed by atoms with Gasteiger partial charge >= 0.3 is 12.2 Å². The Morgan fingerprint density at radius 1 is 1.19 bits per heavy atom. The Labute approximate surface area is 211 Å². The van der Waals surface area contributed by atoms with Crippen LogP contribution in [0.5, 0.6) is 5.75 Å². The van der Waals surface area contributed by atoms with E-state index in [1.165, 1.54) is 30.6 Å². The van der Waals surface area contributed by atoms with Crippen LogP contribution in [0.1, 0.15) is 36.6 Å². The Bertz CT molecular complexity index is 1340. The van der Waals surface area contributed by atoms with Crippen molar-refractivity contribution in [2.75, 3.05) is 30.3 Å². The van der Waals surface area contributed by atoms with Crippen molar-refractivity contribution in [1.29, 1.82) is 0 Å². The fraction of sp³-hybridized carbons (Fsp3) is 0.360. The zero-order chi connectivity index (χ0) is 26.6. The van der Waals surface area contributed by atoms with Gasteiger partial charge in [-0.2, -0.15) is 13.2 Å². The van der Waals surface area contributed by atoms with Crippen LogP contribution in [0.4, 0.5) is 29.3 Å². The number of aromatic nitrogens is 3. The number of aryl methyl sites for hydroxylation is 1. The van der Waals surface area contributed by atoms with Crippen LogP contribution in [0.25, 0.3) is 11.4 Å². The summed E-state index contributed by atoms with van der Waals surface area (Å²) in [5, 5.41) is 5.01. The van der Waals surface area contributed by atoms with Crippen LogP contribution in [-0.2, 0) is 12.7 Å². The van der Waals surface area contributed by atoms with Crippen LogP contribution in [0.3, 0.4) is 0 Å². The van der Waals surface area contributed by atoms with Gasteiger partial charge in [0.2, 0.25) is 0 Å². The Hall–Kier alpha value is -3.93. The van der Waals surface area contributed by atoms with Crippen LogP contribution < -0.4 is 20.9 Å². The number of amides is 2. The molecule has 2 aromatic heterocycles. The van der Waals surface area contributed by atoms with Gasteiger partial charge < -0.3 is 20.4 Å². The van der Waals surface area contributed by atoms with Gasteiger partial charge in [0, 0.05) is 24.0 Å². The minimum absolute atomic E-state index is 0.0156. The van der Waals surface area contributed by atoms with E-state index in [4.69, 9.17) is 4.74 Å². The fourth-order valence-electron chi connectivity index (χ4n) is 4.11. The maximum absolute atomic E-state index is 13.7. The van der Waals surface area contributed by atoms with Gasteiger partial charge in [-0.1, -0.05) is 6.07 Å². The standard InChI is InChI=1S/C25H27F3N6O3/c1-3-37-21-10-17(12-30-23(21)35)22-29-13-20(15(2)31-22)33-24(36)32-18-7-6-16(14-34-8-4-5-9-34)19(11-18)25(26,27)28/h6-7,10-13H,3-5,8-9,14H2,1-2H3,(H,30,35)(H2,32,33,36). The largest absolute Gasteiger partial charge is 0.488 e. The summed E-state index contributed by atoms with van der Waals surface area (Å²) in [6.45, 7) is 5.48. The molecular weight excluding hydrogens is 489 g/mol. The molecular formula is C25H27F3N6O3. The third kappa shape index (κ3) is 6.45. The highest BCUT2D eigenvalue weighted by Gasteiger charge is 2.34. The van der Waals surface area contributed by atoms with Crippen molar-refractivity contribution in [2.45, 2.75) is 39.4 Å². The Morgan fingerprint density at radius 3 is 2.62 bits per heavy atom. The van der Waals surface area contributed by atoms with Gasteiger partial charge in [-0.15, -0.1) is 0 Å². The molecule has 1 aliphatic heterocycles. The zero-order valence-electron chi connectivity index (χ0n) is 20.4. The third-order valence-corrected chi connectivity index (χ3v) is 5.92. The van der Waals surface area contributed by atoms with Crippen LogP contribution in [-0.4, -0.2) is 45.6 Å². The number of pyridine rings is 1. The summed E-state index contributed by atoms with van der Waals surface area (Å²) in [6, 6.07) is 4.59. The van der Waals surface area contributed by atoms with Gasteiger partial charge in [0.15, 0.2) is 11.6 Å². The summed E-state index contributed by atoms with van der Waals surface area (Å²) in [6.07, 6.45) is 0.232. The Morgan fingerprint density at radius 2 is 1.95 bits per heavy atom. The van der Waals surface area contributed by atoms with E-state index in [0.717, 1.165) is 32.0 Å². The number of nitrogens with one attached hydrogen (secondary N) is 3. The number of rotatable bonds is 7. The molecule has 0 saturated carbocycles. The lowest BCUT2D eigenvalue weighted by Gasteiger charge is -2.20. The number of likely N-dealkylation sites (tertiary alicyclic amines) is 1. The first-order valence-electron chi connectivity index (χ1n) is 11.8. The van der Waals surface area contributed by atoms with E-state index in [-0.39, 0.29) is 34.8 Å². The summed E-state index contributed by atoms with van der Waals surface area (Å²) < 4.78 is 46.4. The SMILES string of the molecule is CCOc1cc(-c2ncc(NC(=O)Nc3ccc(CN4CCCC4)c(C(F)(F)F)c3)c(C)n2)c[nH]c1=O. The summed E-state index contributed by atoms with van der Waals surface area (Å²) in [5.41, 5.74) is 0.245. The van der Waals surface area contributed by atoms with Gasteiger partial charge in [-0.25, -0.2) is 14.8 Å². The van der Waals surface area contributed by atoms with E-state index < -0.39 is 17.8 Å². The number of carbonyl (C=O) groups is 1. The second-order valence-electron chi connectivity index (χ2n) is 8.64. The van der Waals surface area contributed by atoms with Crippen LogP contribution in [0.15, 0.2) is 41.5 Å². The van der Waals surface area contributed by atoms with Crippen molar-refractivity contribution < 1.29 is 22.7 Å². The van der Waals surface area contributed by atoms with Crippen molar-refractivity contribution in [3.05, 3.63) is 63.8 Å². The molecule has 0 bridgehead atoms. The molecule has 1 aromatic carbocycles. The monoisotopic (exact) mass is 516 g/mol. The molecule has 196 valence electrons. The molecule has 3 N–H and O–H groups in total. The number of hydrogen-bond donors (Lipinski definition) is 3. The van der Waals surface area contributed by atoms with Crippen molar-refractivity contribution in [2.24, 2.45) is 0 Å². The smallest absolute Gasteiger partial charge is 0.416 e. The molecule has 1 saturated heterocycles. The van der Waals surface area contributed by atoms with Gasteiger partial charge in [0.25, 0.3) is 5.56 Å². The van der Waals surface area contributed by atoms with E-state index in [1.807, 2.05) is 4.90 Å². The number of hydrogen-bond acceptors (Lipinski definition) is 6. The quantitative estimate of drug-likeness (QED) is 0.416. The third-order valence-electron chi connectivity index (χ3n) is 5.92. The normalized spacial score (nSPS) is 14.0. The molecule has 9 nitrogen and oxygen atoms in total. The van der Waals surface area contributed by atoms with E-state index in [0.29, 0.717) is 23.7 Å². The van der Waals surface area contributed by atoms with Crippen LogP contribution in [0, 0.1) is 6.92 Å². The number of alkyl halides is 3. The fourth-order valence-corrected chi connectivity index (χ4v) is 4.11. The van der Waals surface area contributed by atoms with Crippen molar-refractivity contribution in [3.8, 4) is 17.1 Å². The molecule has 12 heteroatoms. The van der Waals surface area contributed by atoms with Gasteiger partial charge in [-0.3, -0.25) is 9.69 Å². The number of halogens is 3. The topological polar surface area (TPSA) is 112 Å². The van der Waals surface area contributed by atoms with Gasteiger partial charge in [0.1, 0.15) is 0 Å². The zero-order valence-corrected chi connectivity index (χ0v) is 20.4. The lowest BCUT2D eigenvalue weighted by molar-refractivity contribution is -0.138. The highest BCUT2D eigenvalue weighted by atomic mass is 19.4. The number of H-pyrrole nitrogens is 1.